The van der Waals surface area contributed by atoms with Gasteiger partial charge < -0.3 is 15.3 Å². The molecule has 0 bridgehead atoms. The molecular weight excluding hydrogens is 425 g/mol. The fraction of sp³-hybridized carbons (Fsp3) is 0.292. The standard InChI is InChI=1S/C24H24FN5O3/c25-18-3-5-19(6-4-18)30-14-17(12-26-30)13-28-9-10-29-22(15-28)23(32)27-21(24(29)33)11-16-1-7-20(31)8-2-16/h1-8,12,14,21-22,31H,9-11,13,15H2,(H,27,32)/t21-,22+/m0/s1. The number of nitrogens with one attached hydrogen (secondary N) is 1. The number of halogens is 1. The molecule has 0 unspecified atom stereocenters. The van der Waals surface area contributed by atoms with Crippen molar-refractivity contribution in [1.82, 2.24) is 24.9 Å². The number of carbonyl (C=O) groups excluding carboxylic acids is 2. The van der Waals surface area contributed by atoms with Crippen LogP contribution in [0.4, 0.5) is 4.39 Å². The third-order valence-electron chi connectivity index (χ3n) is 6.17. The van der Waals surface area contributed by atoms with Gasteiger partial charge >= 0.3 is 0 Å². The molecule has 0 saturated carbocycles. The van der Waals surface area contributed by atoms with Crippen LogP contribution in [0.15, 0.2) is 60.9 Å². The predicted molar refractivity (Wildman–Crippen MR) is 118 cm³/mol. The summed E-state index contributed by atoms with van der Waals surface area (Å²) in [6, 6.07) is 11.7. The summed E-state index contributed by atoms with van der Waals surface area (Å²) < 4.78 is 14.8. The molecule has 170 valence electrons. The molecule has 2 fully saturated rings. The zero-order valence-electron chi connectivity index (χ0n) is 17.9. The molecule has 2 aromatic carbocycles. The highest BCUT2D eigenvalue weighted by molar-refractivity contribution is 5.97. The molecule has 2 aliphatic rings. The van der Waals surface area contributed by atoms with Gasteiger partial charge in [0, 0.05) is 44.4 Å². The minimum absolute atomic E-state index is 0.0727. The molecule has 5 rings (SSSR count). The van der Waals surface area contributed by atoms with Crippen molar-refractivity contribution in [1.29, 1.82) is 0 Å². The van der Waals surface area contributed by atoms with Crippen molar-refractivity contribution < 1.29 is 19.1 Å². The van der Waals surface area contributed by atoms with E-state index in [-0.39, 0.29) is 23.4 Å². The quantitative estimate of drug-likeness (QED) is 0.616. The first kappa shape index (κ1) is 21.1. The van der Waals surface area contributed by atoms with Gasteiger partial charge in [0.1, 0.15) is 23.7 Å². The van der Waals surface area contributed by atoms with Gasteiger partial charge in [0.2, 0.25) is 11.8 Å². The Labute approximate surface area is 190 Å². The van der Waals surface area contributed by atoms with Crippen molar-refractivity contribution in [3.63, 3.8) is 0 Å². The third-order valence-corrected chi connectivity index (χ3v) is 6.17. The Kier molecular flexibility index (Phi) is 5.55. The predicted octanol–water partition coefficient (Wildman–Crippen LogP) is 1.47. The average molecular weight is 449 g/mol. The van der Waals surface area contributed by atoms with Crippen molar-refractivity contribution in [2.24, 2.45) is 0 Å². The van der Waals surface area contributed by atoms with E-state index in [2.05, 4.69) is 15.3 Å². The number of amides is 2. The van der Waals surface area contributed by atoms with Crippen LogP contribution in [0, 0.1) is 5.82 Å². The van der Waals surface area contributed by atoms with E-state index in [1.807, 2.05) is 6.20 Å². The zero-order valence-corrected chi connectivity index (χ0v) is 17.9. The highest BCUT2D eigenvalue weighted by Crippen LogP contribution is 2.21. The number of phenolic OH excluding ortho intramolecular Hbond substituents is 1. The minimum Gasteiger partial charge on any atom is -0.508 e. The van der Waals surface area contributed by atoms with Crippen LogP contribution in [-0.2, 0) is 22.6 Å². The van der Waals surface area contributed by atoms with E-state index >= 15 is 0 Å². The zero-order chi connectivity index (χ0) is 22.9. The van der Waals surface area contributed by atoms with E-state index in [4.69, 9.17) is 0 Å². The maximum atomic E-state index is 13.2. The highest BCUT2D eigenvalue weighted by atomic mass is 19.1. The lowest BCUT2D eigenvalue weighted by Crippen LogP contribution is -2.69. The Hall–Kier alpha value is -3.72. The summed E-state index contributed by atoms with van der Waals surface area (Å²) in [5.41, 5.74) is 2.62. The first-order valence-electron chi connectivity index (χ1n) is 10.9. The van der Waals surface area contributed by atoms with Crippen molar-refractivity contribution in [2.45, 2.75) is 25.0 Å². The molecule has 9 heteroatoms. The molecule has 2 N–H and O–H groups in total. The first-order chi connectivity index (χ1) is 16.0. The van der Waals surface area contributed by atoms with Gasteiger partial charge in [-0.2, -0.15) is 5.10 Å². The van der Waals surface area contributed by atoms with Crippen LogP contribution >= 0.6 is 0 Å². The van der Waals surface area contributed by atoms with Crippen molar-refractivity contribution in [2.75, 3.05) is 19.6 Å². The van der Waals surface area contributed by atoms with Crippen LogP contribution in [0.5, 0.6) is 5.75 Å². The maximum Gasteiger partial charge on any atom is 0.246 e. The van der Waals surface area contributed by atoms with Crippen molar-refractivity contribution in [3.8, 4) is 11.4 Å². The summed E-state index contributed by atoms with van der Waals surface area (Å²) in [7, 11) is 0. The average Bonchev–Trinajstić information content (AvgIpc) is 3.27. The second-order valence-electron chi connectivity index (χ2n) is 8.48. The second kappa shape index (κ2) is 8.67. The van der Waals surface area contributed by atoms with Gasteiger partial charge in [0.15, 0.2) is 0 Å². The van der Waals surface area contributed by atoms with Crippen LogP contribution in [0.2, 0.25) is 0 Å². The fourth-order valence-corrected chi connectivity index (χ4v) is 4.44. The molecule has 3 heterocycles. The lowest BCUT2D eigenvalue weighted by Gasteiger charge is -2.45. The van der Waals surface area contributed by atoms with Crippen molar-refractivity contribution >= 4 is 11.8 Å². The Balaban J connectivity index is 1.22. The molecular formula is C24H24FN5O3. The number of aromatic hydroxyl groups is 1. The van der Waals surface area contributed by atoms with Gasteiger partial charge in [-0.3, -0.25) is 14.5 Å². The van der Waals surface area contributed by atoms with Gasteiger partial charge in [0.05, 0.1) is 11.9 Å². The Morgan fingerprint density at radius 3 is 2.55 bits per heavy atom. The number of phenols is 1. The van der Waals surface area contributed by atoms with Gasteiger partial charge in [-0.25, -0.2) is 9.07 Å². The molecule has 2 amide bonds. The number of fused-ring (bicyclic) bond motifs is 1. The summed E-state index contributed by atoms with van der Waals surface area (Å²) in [6.07, 6.45) is 4.04. The van der Waals surface area contributed by atoms with Crippen LogP contribution < -0.4 is 5.32 Å². The summed E-state index contributed by atoms with van der Waals surface area (Å²) >= 11 is 0. The smallest absolute Gasteiger partial charge is 0.246 e. The number of rotatable bonds is 5. The Morgan fingerprint density at radius 2 is 1.79 bits per heavy atom. The maximum absolute atomic E-state index is 13.2. The number of benzene rings is 2. The third kappa shape index (κ3) is 4.45. The van der Waals surface area contributed by atoms with Crippen LogP contribution in [0.3, 0.4) is 0 Å². The van der Waals surface area contributed by atoms with E-state index < -0.39 is 12.1 Å². The first-order valence-corrected chi connectivity index (χ1v) is 10.9. The number of carbonyl (C=O) groups is 2. The summed E-state index contributed by atoms with van der Waals surface area (Å²) in [5, 5.41) is 16.7. The molecule has 0 spiro atoms. The molecule has 2 aliphatic heterocycles. The lowest BCUT2D eigenvalue weighted by molar-refractivity contribution is -0.153. The van der Waals surface area contributed by atoms with E-state index in [1.54, 1.807) is 52.2 Å². The summed E-state index contributed by atoms with van der Waals surface area (Å²) in [4.78, 5) is 29.7. The lowest BCUT2D eigenvalue weighted by atomic mass is 9.98. The normalized spacial score (nSPS) is 21.1. The SMILES string of the molecule is O=C1N[C@@H](Cc2ccc(O)cc2)C(=O)N2CCN(Cc3cnn(-c4ccc(F)cc4)c3)C[C@H]12. The van der Waals surface area contributed by atoms with Gasteiger partial charge in [-0.15, -0.1) is 0 Å². The Bertz CT molecular complexity index is 1160. The number of hydrogen-bond acceptors (Lipinski definition) is 5. The largest absolute Gasteiger partial charge is 0.508 e. The highest BCUT2D eigenvalue weighted by Gasteiger charge is 2.43. The van der Waals surface area contributed by atoms with Crippen LogP contribution in [0.25, 0.3) is 5.69 Å². The van der Waals surface area contributed by atoms with Crippen LogP contribution in [-0.4, -0.2) is 68.2 Å². The molecule has 2 saturated heterocycles. The van der Waals surface area contributed by atoms with E-state index in [0.29, 0.717) is 32.6 Å². The topological polar surface area (TPSA) is 90.7 Å². The summed E-state index contributed by atoms with van der Waals surface area (Å²) in [6.45, 7) is 2.19. The molecule has 33 heavy (non-hydrogen) atoms. The van der Waals surface area contributed by atoms with E-state index in [9.17, 15) is 19.1 Å². The molecule has 1 aromatic heterocycles. The molecule has 3 aromatic rings. The number of piperazine rings is 2. The number of hydrogen-bond donors (Lipinski definition) is 2. The fourth-order valence-electron chi connectivity index (χ4n) is 4.44. The molecule has 2 atom stereocenters. The van der Waals surface area contributed by atoms with Crippen LogP contribution in [0.1, 0.15) is 11.1 Å². The Morgan fingerprint density at radius 1 is 1.03 bits per heavy atom. The minimum atomic E-state index is -0.598. The second-order valence-corrected chi connectivity index (χ2v) is 8.48. The number of nitrogens with zero attached hydrogens (tertiary/aromatic N) is 4. The van der Waals surface area contributed by atoms with Gasteiger partial charge in [-0.1, -0.05) is 12.1 Å². The summed E-state index contributed by atoms with van der Waals surface area (Å²) in [5.74, 6) is -0.353. The molecule has 0 radical (unpaired) electrons. The van der Waals surface area contributed by atoms with Crippen molar-refractivity contribution in [3.05, 3.63) is 77.9 Å². The number of aromatic nitrogens is 2. The molecule has 0 aliphatic carbocycles. The van der Waals surface area contributed by atoms with Gasteiger partial charge in [0.25, 0.3) is 0 Å². The monoisotopic (exact) mass is 449 g/mol. The van der Waals surface area contributed by atoms with E-state index in [1.165, 1.54) is 12.1 Å². The van der Waals surface area contributed by atoms with Gasteiger partial charge in [-0.05, 0) is 42.0 Å². The van der Waals surface area contributed by atoms with E-state index in [0.717, 1.165) is 16.8 Å². The molecule has 8 nitrogen and oxygen atoms in total.